The lowest BCUT2D eigenvalue weighted by Gasteiger charge is -2.07. The van der Waals surface area contributed by atoms with Crippen molar-refractivity contribution in [3.05, 3.63) is 71.2 Å². The topological polar surface area (TPSA) is 70.4 Å². The number of carbonyl (C=O) groups is 2. The number of aromatic nitrogens is 2. The van der Waals surface area contributed by atoms with E-state index in [2.05, 4.69) is 21.0 Å². The van der Waals surface area contributed by atoms with Gasteiger partial charge in [0.05, 0.1) is 19.9 Å². The van der Waals surface area contributed by atoms with Crippen molar-refractivity contribution < 1.29 is 23.5 Å². The lowest BCUT2D eigenvalue weighted by Crippen LogP contribution is -2.15. The predicted octanol–water partition coefficient (Wildman–Crippen LogP) is 4.15. The zero-order valence-electron chi connectivity index (χ0n) is 15.1. The molecule has 0 aliphatic rings. The van der Waals surface area contributed by atoms with Gasteiger partial charge in [-0.25, -0.2) is 18.7 Å². The number of nitrogens with zero attached hydrogens (tertiary/aromatic N) is 2. The largest absolute Gasteiger partial charge is 0.465 e. The van der Waals surface area contributed by atoms with Crippen LogP contribution in [0.1, 0.15) is 26.4 Å². The highest BCUT2D eigenvalue weighted by Gasteiger charge is 2.31. The van der Waals surface area contributed by atoms with E-state index in [1.54, 1.807) is 30.3 Å². The number of alkyl halides is 1. The quantitative estimate of drug-likeness (QED) is 0.434. The maximum atomic E-state index is 13.9. The molecule has 0 radical (unpaired) electrons. The molecule has 0 saturated carbocycles. The summed E-state index contributed by atoms with van der Waals surface area (Å²) >= 11 is 3.24. The van der Waals surface area contributed by atoms with Crippen LogP contribution in [0.3, 0.4) is 0 Å². The highest BCUT2D eigenvalue weighted by molar-refractivity contribution is 9.08. The number of methoxy groups -OCH3 is 2. The standard InChI is InChI=1S/C20H16BrFN2O4/c1-27-19(25)16-17(12-8-9-15(22)13(10-12)11-21)23-24(18(16)20(26)28-2)14-6-4-3-5-7-14/h3-10H,11H2,1-2H3. The van der Waals surface area contributed by atoms with E-state index in [1.807, 2.05) is 6.07 Å². The van der Waals surface area contributed by atoms with E-state index >= 15 is 0 Å². The van der Waals surface area contributed by atoms with Gasteiger partial charge in [-0.1, -0.05) is 34.1 Å². The predicted molar refractivity (Wildman–Crippen MR) is 104 cm³/mol. The van der Waals surface area contributed by atoms with Gasteiger partial charge in [0, 0.05) is 10.9 Å². The third-order valence-corrected chi connectivity index (χ3v) is 4.72. The molecule has 0 unspecified atom stereocenters. The van der Waals surface area contributed by atoms with Gasteiger partial charge in [-0.2, -0.15) is 5.10 Å². The van der Waals surface area contributed by atoms with Gasteiger partial charge in [-0.05, 0) is 35.9 Å². The van der Waals surface area contributed by atoms with Gasteiger partial charge < -0.3 is 9.47 Å². The average Bonchev–Trinajstić information content (AvgIpc) is 3.14. The fraction of sp³-hybridized carbons (Fsp3) is 0.150. The van der Waals surface area contributed by atoms with Crippen LogP contribution < -0.4 is 0 Å². The number of halogens is 2. The highest BCUT2D eigenvalue weighted by Crippen LogP contribution is 2.30. The Morgan fingerprint density at radius 1 is 1.07 bits per heavy atom. The maximum absolute atomic E-state index is 13.9. The van der Waals surface area contributed by atoms with Crippen LogP contribution in [0.25, 0.3) is 16.9 Å². The van der Waals surface area contributed by atoms with Crippen LogP contribution in [0.4, 0.5) is 4.39 Å². The van der Waals surface area contributed by atoms with E-state index < -0.39 is 17.8 Å². The minimum Gasteiger partial charge on any atom is -0.465 e. The molecule has 8 heteroatoms. The Morgan fingerprint density at radius 3 is 2.36 bits per heavy atom. The smallest absolute Gasteiger partial charge is 0.357 e. The van der Waals surface area contributed by atoms with Gasteiger partial charge in [0.15, 0.2) is 5.69 Å². The first-order valence-corrected chi connectivity index (χ1v) is 9.33. The molecule has 144 valence electrons. The molecule has 0 amide bonds. The summed E-state index contributed by atoms with van der Waals surface area (Å²) in [6, 6.07) is 13.2. The van der Waals surface area contributed by atoms with Crippen molar-refractivity contribution >= 4 is 27.9 Å². The Labute approximate surface area is 169 Å². The third kappa shape index (κ3) is 3.55. The second kappa shape index (κ2) is 8.35. The molecule has 6 nitrogen and oxygen atoms in total. The van der Waals surface area contributed by atoms with Crippen molar-refractivity contribution in [3.8, 4) is 16.9 Å². The molecule has 0 aliphatic carbocycles. The summed E-state index contributed by atoms with van der Waals surface area (Å²) in [6.45, 7) is 0. The minimum atomic E-state index is -0.748. The van der Waals surface area contributed by atoms with Gasteiger partial charge in [0.1, 0.15) is 17.1 Å². The summed E-state index contributed by atoms with van der Waals surface area (Å²) in [4.78, 5) is 25.1. The van der Waals surface area contributed by atoms with Gasteiger partial charge in [-0.15, -0.1) is 0 Å². The molecule has 0 saturated heterocycles. The Morgan fingerprint density at radius 2 is 1.75 bits per heavy atom. The number of para-hydroxylation sites is 1. The summed E-state index contributed by atoms with van der Waals surface area (Å²) in [5.74, 6) is -1.89. The zero-order valence-corrected chi connectivity index (χ0v) is 16.7. The van der Waals surface area contributed by atoms with Crippen molar-refractivity contribution in [2.24, 2.45) is 0 Å². The van der Waals surface area contributed by atoms with Crippen LogP contribution >= 0.6 is 15.9 Å². The molecule has 0 aliphatic heterocycles. The van der Waals surface area contributed by atoms with Crippen molar-refractivity contribution in [3.63, 3.8) is 0 Å². The fourth-order valence-electron chi connectivity index (χ4n) is 2.78. The number of ether oxygens (including phenoxy) is 2. The number of hydrogen-bond acceptors (Lipinski definition) is 5. The Bertz CT molecular complexity index is 1030. The molecule has 0 spiro atoms. The molecule has 0 atom stereocenters. The summed E-state index contributed by atoms with van der Waals surface area (Å²) < 4.78 is 25.0. The van der Waals surface area contributed by atoms with Crippen LogP contribution in [0.15, 0.2) is 48.5 Å². The van der Waals surface area contributed by atoms with Crippen molar-refractivity contribution in [2.45, 2.75) is 5.33 Å². The molecule has 0 N–H and O–H groups in total. The van der Waals surface area contributed by atoms with Crippen molar-refractivity contribution in [1.29, 1.82) is 0 Å². The van der Waals surface area contributed by atoms with Gasteiger partial charge in [-0.3, -0.25) is 0 Å². The normalized spacial score (nSPS) is 10.6. The maximum Gasteiger partial charge on any atom is 0.357 e. The highest BCUT2D eigenvalue weighted by atomic mass is 79.9. The Hall–Kier alpha value is -3.00. The average molecular weight is 447 g/mol. The molecule has 0 fully saturated rings. The first-order chi connectivity index (χ1) is 13.5. The van der Waals surface area contributed by atoms with Crippen LogP contribution in [0.2, 0.25) is 0 Å². The van der Waals surface area contributed by atoms with Crippen LogP contribution in [-0.2, 0) is 14.8 Å². The van der Waals surface area contributed by atoms with E-state index in [0.29, 0.717) is 16.8 Å². The number of esters is 2. The monoisotopic (exact) mass is 446 g/mol. The summed E-state index contributed by atoms with van der Waals surface area (Å²) in [6.07, 6.45) is 0. The summed E-state index contributed by atoms with van der Waals surface area (Å²) in [5, 5.41) is 4.75. The van der Waals surface area contributed by atoms with E-state index in [4.69, 9.17) is 9.47 Å². The van der Waals surface area contributed by atoms with Crippen molar-refractivity contribution in [1.82, 2.24) is 9.78 Å². The zero-order chi connectivity index (χ0) is 20.3. The van der Waals surface area contributed by atoms with E-state index in [-0.39, 0.29) is 22.3 Å². The third-order valence-electron chi connectivity index (χ3n) is 4.12. The Kier molecular flexibility index (Phi) is 5.89. The van der Waals surface area contributed by atoms with Crippen molar-refractivity contribution in [2.75, 3.05) is 14.2 Å². The lowest BCUT2D eigenvalue weighted by molar-refractivity contribution is 0.0549. The molecule has 0 bridgehead atoms. The SMILES string of the molecule is COC(=O)c1c(-c2ccc(F)c(CBr)c2)nn(-c2ccccc2)c1C(=O)OC. The summed E-state index contributed by atoms with van der Waals surface area (Å²) in [7, 11) is 2.42. The Balaban J connectivity index is 2.35. The first kappa shape index (κ1) is 19.8. The van der Waals surface area contributed by atoms with Crippen LogP contribution in [0, 0.1) is 5.82 Å². The molecular weight excluding hydrogens is 431 g/mol. The van der Waals surface area contributed by atoms with Crippen LogP contribution in [-0.4, -0.2) is 35.9 Å². The van der Waals surface area contributed by atoms with Gasteiger partial charge >= 0.3 is 11.9 Å². The first-order valence-electron chi connectivity index (χ1n) is 8.21. The molecule has 2 aromatic carbocycles. The molecule has 3 aromatic rings. The number of carbonyl (C=O) groups excluding carboxylic acids is 2. The van der Waals surface area contributed by atoms with Crippen LogP contribution in [0.5, 0.6) is 0 Å². The molecule has 1 heterocycles. The van der Waals surface area contributed by atoms with E-state index in [1.165, 1.54) is 31.0 Å². The fourth-order valence-corrected chi connectivity index (χ4v) is 3.21. The number of hydrogen-bond donors (Lipinski definition) is 0. The molecule has 3 rings (SSSR count). The van der Waals surface area contributed by atoms with Gasteiger partial charge in [0.25, 0.3) is 0 Å². The second-order valence-corrected chi connectivity index (χ2v) is 6.30. The van der Waals surface area contributed by atoms with E-state index in [0.717, 1.165) is 0 Å². The second-order valence-electron chi connectivity index (χ2n) is 5.74. The lowest BCUT2D eigenvalue weighted by atomic mass is 10.0. The van der Waals surface area contributed by atoms with Gasteiger partial charge in [0.2, 0.25) is 0 Å². The molecule has 1 aromatic heterocycles. The molecule has 28 heavy (non-hydrogen) atoms. The summed E-state index contributed by atoms with van der Waals surface area (Å²) in [5.41, 5.74) is 1.49. The number of benzene rings is 2. The van der Waals surface area contributed by atoms with E-state index in [9.17, 15) is 14.0 Å². The minimum absolute atomic E-state index is 0.0506. The number of rotatable bonds is 5. The molecular formula is C20H16BrFN2O4.